The molecule has 3 heterocycles. The van der Waals surface area contributed by atoms with Crippen LogP contribution in [0.4, 0.5) is 0 Å². The Morgan fingerprint density at radius 1 is 1.62 bits per heavy atom. The maximum atomic E-state index is 11.7. The monoisotopic (exact) mass is 307 g/mol. The van der Waals surface area contributed by atoms with Gasteiger partial charge in [-0.15, -0.1) is 11.3 Å². The van der Waals surface area contributed by atoms with Gasteiger partial charge < -0.3 is 9.26 Å². The lowest BCUT2D eigenvalue weighted by atomic mass is 10.2. The van der Waals surface area contributed by atoms with Gasteiger partial charge in [0.25, 0.3) is 0 Å². The molecular formula is C14H17N3O3S. The Morgan fingerprint density at radius 3 is 3.29 bits per heavy atom. The summed E-state index contributed by atoms with van der Waals surface area (Å²) >= 11 is 1.52. The molecule has 6 nitrogen and oxygen atoms in total. The number of aromatic nitrogens is 2. The van der Waals surface area contributed by atoms with E-state index in [1.165, 1.54) is 11.3 Å². The number of rotatable bonds is 5. The molecule has 1 saturated heterocycles. The van der Waals surface area contributed by atoms with E-state index in [9.17, 15) is 4.79 Å². The lowest BCUT2D eigenvalue weighted by Crippen LogP contribution is -2.23. The number of hydrogen-bond acceptors (Lipinski definition) is 7. The van der Waals surface area contributed by atoms with E-state index in [1.54, 1.807) is 18.6 Å². The molecule has 0 bridgehead atoms. The van der Waals surface area contributed by atoms with Gasteiger partial charge in [0.15, 0.2) is 5.69 Å². The number of ether oxygens (including phenoxy) is 1. The molecule has 1 aliphatic rings. The fourth-order valence-electron chi connectivity index (χ4n) is 2.56. The molecule has 1 fully saturated rings. The van der Waals surface area contributed by atoms with E-state index >= 15 is 0 Å². The van der Waals surface area contributed by atoms with E-state index in [0.29, 0.717) is 12.3 Å². The van der Waals surface area contributed by atoms with E-state index in [0.717, 1.165) is 36.6 Å². The topological polar surface area (TPSA) is 68.5 Å². The summed E-state index contributed by atoms with van der Waals surface area (Å²) in [6.45, 7) is 3.91. The number of esters is 1. The molecule has 0 N–H and O–H groups in total. The van der Waals surface area contributed by atoms with E-state index in [-0.39, 0.29) is 12.0 Å². The molecule has 0 saturated carbocycles. The van der Waals surface area contributed by atoms with Crippen molar-refractivity contribution in [1.29, 1.82) is 0 Å². The molecule has 0 aliphatic carbocycles. The van der Waals surface area contributed by atoms with Crippen LogP contribution in [0, 0.1) is 0 Å². The van der Waals surface area contributed by atoms with Gasteiger partial charge in [-0.05, 0) is 26.3 Å². The van der Waals surface area contributed by atoms with Gasteiger partial charge in [-0.25, -0.2) is 9.78 Å². The van der Waals surface area contributed by atoms with Gasteiger partial charge in [0.1, 0.15) is 11.3 Å². The summed E-state index contributed by atoms with van der Waals surface area (Å²) in [6, 6.07) is 2.12. The average Bonchev–Trinajstić information content (AvgIpc) is 3.20. The van der Waals surface area contributed by atoms with Crippen LogP contribution in [0.5, 0.6) is 0 Å². The molecular weight excluding hydrogens is 290 g/mol. The van der Waals surface area contributed by atoms with Crippen LogP contribution in [-0.2, 0) is 11.3 Å². The quantitative estimate of drug-likeness (QED) is 0.791. The van der Waals surface area contributed by atoms with Crippen molar-refractivity contribution in [1.82, 2.24) is 15.0 Å². The Kier molecular flexibility index (Phi) is 4.31. The molecule has 0 aromatic carbocycles. The Labute approximate surface area is 126 Å². The molecule has 1 aliphatic heterocycles. The Balaban J connectivity index is 1.71. The first-order valence-electron chi connectivity index (χ1n) is 7.03. The van der Waals surface area contributed by atoms with E-state index in [1.807, 2.05) is 6.07 Å². The van der Waals surface area contributed by atoms with Crippen molar-refractivity contribution in [3.05, 3.63) is 34.1 Å². The van der Waals surface area contributed by atoms with Crippen molar-refractivity contribution in [3.8, 4) is 0 Å². The number of thiazole rings is 1. The van der Waals surface area contributed by atoms with Crippen molar-refractivity contribution < 1.29 is 14.1 Å². The summed E-state index contributed by atoms with van der Waals surface area (Å²) in [5.74, 6) is -0.346. The van der Waals surface area contributed by atoms with Crippen LogP contribution in [0.1, 0.15) is 47.0 Å². The molecule has 112 valence electrons. The molecule has 2 aromatic rings. The molecule has 1 unspecified atom stereocenters. The average molecular weight is 307 g/mol. The Morgan fingerprint density at radius 2 is 2.52 bits per heavy atom. The Hall–Kier alpha value is -1.73. The van der Waals surface area contributed by atoms with E-state index in [2.05, 4.69) is 15.0 Å². The predicted molar refractivity (Wildman–Crippen MR) is 77.0 cm³/mol. The summed E-state index contributed by atoms with van der Waals surface area (Å²) in [4.78, 5) is 18.5. The van der Waals surface area contributed by atoms with Gasteiger partial charge in [-0.3, -0.25) is 4.90 Å². The van der Waals surface area contributed by atoms with Crippen LogP contribution in [0.25, 0.3) is 0 Å². The maximum absolute atomic E-state index is 11.7. The summed E-state index contributed by atoms with van der Waals surface area (Å²) < 4.78 is 9.86. The molecule has 3 rings (SSSR count). The molecule has 1 atom stereocenters. The number of carbonyl (C=O) groups is 1. The molecule has 0 radical (unpaired) electrons. The smallest absolute Gasteiger partial charge is 0.357 e. The minimum absolute atomic E-state index is 0.245. The van der Waals surface area contributed by atoms with Crippen molar-refractivity contribution in [3.63, 3.8) is 0 Å². The first kappa shape index (κ1) is 14.2. The predicted octanol–water partition coefficient (Wildman–Crippen LogP) is 2.64. The standard InChI is InChI=1S/C14H17N3O3S/c1-2-19-14(18)11-9-21-13(15-11)12-4-3-6-17(12)8-10-5-7-20-16-10/h5,7,9,12H,2-4,6,8H2,1H3. The largest absolute Gasteiger partial charge is 0.461 e. The summed E-state index contributed by atoms with van der Waals surface area (Å²) in [6.07, 6.45) is 3.76. The summed E-state index contributed by atoms with van der Waals surface area (Å²) in [5, 5.41) is 6.71. The minimum atomic E-state index is -0.346. The third kappa shape index (κ3) is 3.14. The highest BCUT2D eigenvalue weighted by Gasteiger charge is 2.29. The minimum Gasteiger partial charge on any atom is -0.461 e. The fraction of sp³-hybridized carbons (Fsp3) is 0.500. The number of likely N-dealkylation sites (tertiary alicyclic amines) is 1. The van der Waals surface area contributed by atoms with Gasteiger partial charge in [0.05, 0.1) is 18.3 Å². The van der Waals surface area contributed by atoms with Gasteiger partial charge in [0, 0.05) is 18.0 Å². The highest BCUT2D eigenvalue weighted by Crippen LogP contribution is 2.34. The SMILES string of the molecule is CCOC(=O)c1csc(C2CCCN2Cc2ccon2)n1. The third-order valence-corrected chi connectivity index (χ3v) is 4.46. The highest BCUT2D eigenvalue weighted by molar-refractivity contribution is 7.09. The van der Waals surface area contributed by atoms with Gasteiger partial charge in [-0.1, -0.05) is 5.16 Å². The molecule has 0 amide bonds. The molecule has 7 heteroatoms. The molecule has 2 aromatic heterocycles. The lowest BCUT2D eigenvalue weighted by Gasteiger charge is -2.21. The molecule has 0 spiro atoms. The maximum Gasteiger partial charge on any atom is 0.357 e. The number of hydrogen-bond donors (Lipinski definition) is 0. The second-order valence-electron chi connectivity index (χ2n) is 4.91. The van der Waals surface area contributed by atoms with Crippen LogP contribution < -0.4 is 0 Å². The Bertz CT molecular complexity index is 596. The van der Waals surface area contributed by atoms with Crippen LogP contribution >= 0.6 is 11.3 Å². The summed E-state index contributed by atoms with van der Waals surface area (Å²) in [5.41, 5.74) is 1.33. The second-order valence-corrected chi connectivity index (χ2v) is 5.80. The zero-order valence-corrected chi connectivity index (χ0v) is 12.6. The van der Waals surface area contributed by atoms with Crippen molar-refractivity contribution >= 4 is 17.3 Å². The normalized spacial score (nSPS) is 19.0. The van der Waals surface area contributed by atoms with Crippen molar-refractivity contribution in [2.75, 3.05) is 13.2 Å². The van der Waals surface area contributed by atoms with Gasteiger partial charge in [-0.2, -0.15) is 0 Å². The second kappa shape index (κ2) is 6.36. The third-order valence-electron chi connectivity index (χ3n) is 3.51. The van der Waals surface area contributed by atoms with E-state index in [4.69, 9.17) is 9.26 Å². The van der Waals surface area contributed by atoms with Crippen LogP contribution in [0.15, 0.2) is 22.2 Å². The number of carbonyl (C=O) groups excluding carboxylic acids is 1. The van der Waals surface area contributed by atoms with Crippen molar-refractivity contribution in [2.45, 2.75) is 32.4 Å². The summed E-state index contributed by atoms with van der Waals surface area (Å²) in [7, 11) is 0. The van der Waals surface area contributed by atoms with Gasteiger partial charge in [0.2, 0.25) is 0 Å². The first-order chi connectivity index (χ1) is 10.3. The van der Waals surface area contributed by atoms with E-state index < -0.39 is 0 Å². The fourth-order valence-corrected chi connectivity index (χ4v) is 3.52. The van der Waals surface area contributed by atoms with Crippen LogP contribution in [-0.4, -0.2) is 34.2 Å². The number of nitrogens with zero attached hydrogens (tertiary/aromatic N) is 3. The zero-order valence-electron chi connectivity index (χ0n) is 11.8. The highest BCUT2D eigenvalue weighted by atomic mass is 32.1. The van der Waals surface area contributed by atoms with Crippen molar-refractivity contribution in [2.24, 2.45) is 0 Å². The van der Waals surface area contributed by atoms with Crippen LogP contribution in [0.2, 0.25) is 0 Å². The van der Waals surface area contributed by atoms with Gasteiger partial charge >= 0.3 is 5.97 Å². The molecule has 21 heavy (non-hydrogen) atoms. The van der Waals surface area contributed by atoms with Crippen LogP contribution in [0.3, 0.4) is 0 Å². The zero-order chi connectivity index (χ0) is 14.7. The first-order valence-corrected chi connectivity index (χ1v) is 7.91. The lowest BCUT2D eigenvalue weighted by molar-refractivity contribution is 0.0520.